The van der Waals surface area contributed by atoms with E-state index in [0.29, 0.717) is 17.2 Å². The van der Waals surface area contributed by atoms with Crippen LogP contribution in [-0.4, -0.2) is 24.4 Å². The molecule has 0 unspecified atom stereocenters. The third-order valence-corrected chi connectivity index (χ3v) is 4.94. The summed E-state index contributed by atoms with van der Waals surface area (Å²) in [6, 6.07) is 10.3. The number of H-pyrrole nitrogens is 1. The van der Waals surface area contributed by atoms with Gasteiger partial charge in [0.2, 0.25) is 0 Å². The van der Waals surface area contributed by atoms with Crippen molar-refractivity contribution in [2.45, 2.75) is 19.3 Å². The number of anilines is 2. The van der Waals surface area contributed by atoms with Crippen molar-refractivity contribution in [3.63, 3.8) is 0 Å². The quantitative estimate of drug-likeness (QED) is 0.719. The van der Waals surface area contributed by atoms with Crippen LogP contribution in [0.25, 0.3) is 11.3 Å². The number of fused-ring (bicyclic) bond motifs is 3. The molecule has 134 valence electrons. The average molecular weight is 353 g/mol. The van der Waals surface area contributed by atoms with Crippen LogP contribution in [0.4, 0.5) is 15.9 Å². The Hall–Kier alpha value is -3.02. The van der Waals surface area contributed by atoms with Crippen molar-refractivity contribution in [3.05, 3.63) is 53.3 Å². The molecule has 1 aliphatic carbocycles. The van der Waals surface area contributed by atoms with Crippen LogP contribution in [0.3, 0.4) is 0 Å². The van der Waals surface area contributed by atoms with E-state index in [0.717, 1.165) is 28.2 Å². The third-order valence-electron chi connectivity index (χ3n) is 4.94. The molecule has 1 aromatic heterocycles. The molecule has 5 nitrogen and oxygen atoms in total. The van der Waals surface area contributed by atoms with Crippen LogP contribution in [0.1, 0.15) is 25.0 Å². The van der Waals surface area contributed by atoms with Crippen molar-refractivity contribution in [2.75, 3.05) is 19.5 Å². The predicted octanol–water partition coefficient (Wildman–Crippen LogP) is 4.62. The number of ether oxygens (including phenoxy) is 2. The van der Waals surface area contributed by atoms with Crippen LogP contribution in [0.5, 0.6) is 11.5 Å². The van der Waals surface area contributed by atoms with Gasteiger partial charge in [-0.1, -0.05) is 19.9 Å². The molecule has 2 N–H and O–H groups in total. The summed E-state index contributed by atoms with van der Waals surface area (Å²) in [6.45, 7) is 4.27. The van der Waals surface area contributed by atoms with E-state index in [1.54, 1.807) is 20.3 Å². The molecule has 3 aromatic rings. The van der Waals surface area contributed by atoms with E-state index in [4.69, 9.17) is 9.47 Å². The molecule has 0 radical (unpaired) electrons. The molecule has 1 heterocycles. The standard InChI is InChI=1S/C20H20FN3O2/c1-20(2)14-10-16(26-4)15(25-3)9-13(14)18-17(20)19(24-23-18)22-12-7-5-6-11(21)8-12/h5-10H,1-4H3,(H2,22,23,24). The number of hydrogen-bond donors (Lipinski definition) is 2. The number of aromatic nitrogens is 2. The van der Waals surface area contributed by atoms with Gasteiger partial charge in [0.05, 0.1) is 19.9 Å². The number of nitrogens with zero attached hydrogens (tertiary/aromatic N) is 1. The Morgan fingerprint density at radius 1 is 1.08 bits per heavy atom. The highest BCUT2D eigenvalue weighted by atomic mass is 19.1. The average Bonchev–Trinajstić information content (AvgIpc) is 3.13. The maximum Gasteiger partial charge on any atom is 0.161 e. The predicted molar refractivity (Wildman–Crippen MR) is 98.9 cm³/mol. The van der Waals surface area contributed by atoms with Gasteiger partial charge in [0.1, 0.15) is 11.6 Å². The summed E-state index contributed by atoms with van der Waals surface area (Å²) in [5.41, 5.74) is 4.39. The Kier molecular flexibility index (Phi) is 3.64. The molecule has 0 atom stereocenters. The number of benzene rings is 2. The minimum absolute atomic E-state index is 0.289. The maximum absolute atomic E-state index is 13.5. The van der Waals surface area contributed by atoms with Gasteiger partial charge in [-0.25, -0.2) is 4.39 Å². The fourth-order valence-corrected chi connectivity index (χ4v) is 3.67. The molecular formula is C20H20FN3O2. The summed E-state index contributed by atoms with van der Waals surface area (Å²) in [5, 5.41) is 10.8. The molecule has 0 spiro atoms. The third kappa shape index (κ3) is 2.33. The fourth-order valence-electron chi connectivity index (χ4n) is 3.67. The summed E-state index contributed by atoms with van der Waals surface area (Å²) in [7, 11) is 3.25. The highest BCUT2D eigenvalue weighted by molar-refractivity contribution is 5.85. The number of hydrogen-bond acceptors (Lipinski definition) is 4. The lowest BCUT2D eigenvalue weighted by atomic mass is 9.82. The fraction of sp³-hybridized carbons (Fsp3) is 0.250. The van der Waals surface area contributed by atoms with E-state index in [-0.39, 0.29) is 11.2 Å². The van der Waals surface area contributed by atoms with Crippen molar-refractivity contribution in [1.29, 1.82) is 0 Å². The van der Waals surface area contributed by atoms with Gasteiger partial charge in [-0.3, -0.25) is 5.10 Å². The molecule has 0 saturated carbocycles. The Labute approximate surface area is 151 Å². The normalized spacial score (nSPS) is 13.9. The topological polar surface area (TPSA) is 59.2 Å². The number of aromatic amines is 1. The first-order valence-corrected chi connectivity index (χ1v) is 8.34. The smallest absolute Gasteiger partial charge is 0.161 e. The molecule has 0 bridgehead atoms. The maximum atomic E-state index is 13.5. The van der Waals surface area contributed by atoms with E-state index >= 15 is 0 Å². The van der Waals surface area contributed by atoms with Crippen LogP contribution in [0, 0.1) is 5.82 Å². The lowest BCUT2D eigenvalue weighted by molar-refractivity contribution is 0.354. The van der Waals surface area contributed by atoms with Crippen LogP contribution < -0.4 is 14.8 Å². The van der Waals surface area contributed by atoms with E-state index in [1.807, 2.05) is 18.2 Å². The summed E-state index contributed by atoms with van der Waals surface area (Å²) in [5.74, 6) is 1.82. The molecule has 0 saturated heterocycles. The van der Waals surface area contributed by atoms with Gasteiger partial charge in [0.15, 0.2) is 11.5 Å². The van der Waals surface area contributed by atoms with Gasteiger partial charge in [0, 0.05) is 22.2 Å². The van der Waals surface area contributed by atoms with E-state index in [1.165, 1.54) is 12.1 Å². The largest absolute Gasteiger partial charge is 0.493 e. The zero-order valence-corrected chi connectivity index (χ0v) is 15.1. The Balaban J connectivity index is 1.83. The van der Waals surface area contributed by atoms with Crippen molar-refractivity contribution >= 4 is 11.5 Å². The van der Waals surface area contributed by atoms with Gasteiger partial charge in [-0.2, -0.15) is 5.10 Å². The summed E-state index contributed by atoms with van der Waals surface area (Å²) < 4.78 is 24.4. The lowest BCUT2D eigenvalue weighted by Crippen LogP contribution is -2.16. The first-order valence-electron chi connectivity index (χ1n) is 8.34. The van der Waals surface area contributed by atoms with Gasteiger partial charge >= 0.3 is 0 Å². The summed E-state index contributed by atoms with van der Waals surface area (Å²) >= 11 is 0. The summed E-state index contributed by atoms with van der Waals surface area (Å²) in [4.78, 5) is 0. The molecule has 2 aromatic carbocycles. The minimum Gasteiger partial charge on any atom is -0.493 e. The molecule has 6 heteroatoms. The zero-order valence-electron chi connectivity index (χ0n) is 15.1. The van der Waals surface area contributed by atoms with Crippen LogP contribution in [0.2, 0.25) is 0 Å². The number of nitrogens with one attached hydrogen (secondary N) is 2. The molecule has 0 amide bonds. The number of methoxy groups -OCH3 is 2. The van der Waals surface area contributed by atoms with Crippen molar-refractivity contribution in [3.8, 4) is 22.8 Å². The Morgan fingerprint density at radius 2 is 1.81 bits per heavy atom. The van der Waals surface area contributed by atoms with Crippen molar-refractivity contribution in [1.82, 2.24) is 10.2 Å². The molecule has 0 aliphatic heterocycles. The van der Waals surface area contributed by atoms with Gasteiger partial charge in [0.25, 0.3) is 0 Å². The summed E-state index contributed by atoms with van der Waals surface area (Å²) in [6.07, 6.45) is 0. The SMILES string of the molecule is COc1cc2c(cc1OC)C(C)(C)c1c-2n[nH]c1Nc1cccc(F)c1. The van der Waals surface area contributed by atoms with Crippen LogP contribution >= 0.6 is 0 Å². The van der Waals surface area contributed by atoms with E-state index < -0.39 is 0 Å². The number of halogens is 1. The second kappa shape index (κ2) is 5.76. The molecule has 26 heavy (non-hydrogen) atoms. The molecule has 4 rings (SSSR count). The second-order valence-corrected chi connectivity index (χ2v) is 6.84. The van der Waals surface area contributed by atoms with Gasteiger partial charge < -0.3 is 14.8 Å². The molecule has 1 aliphatic rings. The minimum atomic E-state index is -0.299. The first-order chi connectivity index (χ1) is 12.5. The highest BCUT2D eigenvalue weighted by Crippen LogP contribution is 2.53. The lowest BCUT2D eigenvalue weighted by Gasteiger charge is -2.23. The monoisotopic (exact) mass is 353 g/mol. The Bertz CT molecular complexity index is 995. The van der Waals surface area contributed by atoms with Crippen molar-refractivity contribution < 1.29 is 13.9 Å². The first kappa shape index (κ1) is 16.4. The van der Waals surface area contributed by atoms with Crippen molar-refractivity contribution in [2.24, 2.45) is 0 Å². The zero-order chi connectivity index (χ0) is 18.5. The van der Waals surface area contributed by atoms with Crippen LogP contribution in [-0.2, 0) is 5.41 Å². The van der Waals surface area contributed by atoms with E-state index in [2.05, 4.69) is 29.4 Å². The van der Waals surface area contributed by atoms with Crippen LogP contribution in [0.15, 0.2) is 36.4 Å². The van der Waals surface area contributed by atoms with Gasteiger partial charge in [-0.05, 0) is 35.9 Å². The Morgan fingerprint density at radius 3 is 2.50 bits per heavy atom. The second-order valence-electron chi connectivity index (χ2n) is 6.84. The molecule has 0 fully saturated rings. The highest BCUT2D eigenvalue weighted by Gasteiger charge is 2.41. The molecular weight excluding hydrogens is 333 g/mol. The van der Waals surface area contributed by atoms with Gasteiger partial charge in [-0.15, -0.1) is 0 Å². The number of rotatable bonds is 4. The van der Waals surface area contributed by atoms with E-state index in [9.17, 15) is 4.39 Å².